The number of rotatable bonds is 2. The number of carbonyl (C=O) groups is 1. The van der Waals surface area contributed by atoms with Crippen LogP contribution in [0.15, 0.2) is 0 Å². The highest BCUT2D eigenvalue weighted by molar-refractivity contribution is 5.73. The molecule has 0 saturated carbocycles. The lowest BCUT2D eigenvalue weighted by molar-refractivity contribution is -0.146. The van der Waals surface area contributed by atoms with E-state index in [2.05, 4.69) is 19.2 Å². The number of nitrogens with one attached hydrogen (secondary N) is 1. The van der Waals surface area contributed by atoms with Gasteiger partial charge in [-0.2, -0.15) is 0 Å². The van der Waals surface area contributed by atoms with E-state index in [0.29, 0.717) is 12.0 Å². The smallest absolute Gasteiger partial charge is 0.310 e. The monoisotopic (exact) mass is 171 g/mol. The van der Waals surface area contributed by atoms with Gasteiger partial charge in [0.2, 0.25) is 0 Å². The number of carbonyl (C=O) groups excluding carboxylic acids is 1. The molecule has 0 spiro atoms. The van der Waals surface area contributed by atoms with Crippen LogP contribution in [-0.4, -0.2) is 25.7 Å². The first-order chi connectivity index (χ1) is 5.66. The zero-order chi connectivity index (χ0) is 9.14. The normalized spacial score (nSPS) is 29.3. The van der Waals surface area contributed by atoms with E-state index in [-0.39, 0.29) is 11.9 Å². The number of methoxy groups -OCH3 is 1. The van der Waals surface area contributed by atoms with Gasteiger partial charge in [0.25, 0.3) is 0 Å². The van der Waals surface area contributed by atoms with Gasteiger partial charge < -0.3 is 10.1 Å². The highest BCUT2D eigenvalue weighted by Gasteiger charge is 2.34. The summed E-state index contributed by atoms with van der Waals surface area (Å²) >= 11 is 0. The molecule has 1 fully saturated rings. The molecule has 70 valence electrons. The predicted octanol–water partition coefficient (Wildman–Crippen LogP) is 0.793. The van der Waals surface area contributed by atoms with Gasteiger partial charge in [-0.3, -0.25) is 4.79 Å². The Morgan fingerprint density at radius 3 is 2.75 bits per heavy atom. The zero-order valence-electron chi connectivity index (χ0n) is 7.96. The number of esters is 1. The van der Waals surface area contributed by atoms with Gasteiger partial charge in [0.05, 0.1) is 13.0 Å². The van der Waals surface area contributed by atoms with Crippen molar-refractivity contribution in [3.63, 3.8) is 0 Å². The minimum atomic E-state index is -0.0706. The van der Waals surface area contributed by atoms with Crippen molar-refractivity contribution in [2.45, 2.75) is 26.3 Å². The predicted molar refractivity (Wildman–Crippen MR) is 46.8 cm³/mol. The molecule has 3 nitrogen and oxygen atoms in total. The number of hydrogen-bond acceptors (Lipinski definition) is 3. The molecule has 12 heavy (non-hydrogen) atoms. The molecule has 0 amide bonds. The molecule has 0 aromatic rings. The Bertz CT molecular complexity index is 168. The van der Waals surface area contributed by atoms with Crippen molar-refractivity contribution < 1.29 is 9.53 Å². The molecule has 1 aliphatic heterocycles. The fourth-order valence-corrected chi connectivity index (χ4v) is 1.84. The highest BCUT2D eigenvalue weighted by atomic mass is 16.5. The van der Waals surface area contributed by atoms with Crippen LogP contribution in [0.2, 0.25) is 0 Å². The standard InChI is InChI=1S/C9H17NO2/c1-6(2)8-7(4-5-10-8)9(11)12-3/h6-8,10H,4-5H2,1-3H3/t7-,8+/m1/s1. The van der Waals surface area contributed by atoms with Gasteiger partial charge in [-0.05, 0) is 18.9 Å². The van der Waals surface area contributed by atoms with Crippen LogP contribution in [0, 0.1) is 11.8 Å². The van der Waals surface area contributed by atoms with Crippen LogP contribution >= 0.6 is 0 Å². The maximum Gasteiger partial charge on any atom is 0.310 e. The second-order valence-corrected chi connectivity index (χ2v) is 3.64. The Morgan fingerprint density at radius 1 is 1.58 bits per heavy atom. The van der Waals surface area contributed by atoms with E-state index >= 15 is 0 Å². The van der Waals surface area contributed by atoms with E-state index in [1.54, 1.807) is 0 Å². The summed E-state index contributed by atoms with van der Waals surface area (Å²) in [7, 11) is 1.46. The molecule has 2 atom stereocenters. The van der Waals surface area contributed by atoms with Crippen LogP contribution in [0.25, 0.3) is 0 Å². The van der Waals surface area contributed by atoms with E-state index in [9.17, 15) is 4.79 Å². The molecule has 0 aliphatic carbocycles. The topological polar surface area (TPSA) is 38.3 Å². The Balaban J connectivity index is 2.57. The van der Waals surface area contributed by atoms with Crippen molar-refractivity contribution in [3.05, 3.63) is 0 Å². The van der Waals surface area contributed by atoms with Crippen molar-refractivity contribution >= 4 is 5.97 Å². The molecule has 1 heterocycles. The molecule has 0 aromatic carbocycles. The molecule has 0 unspecified atom stereocenters. The Labute approximate surface area is 73.5 Å². The van der Waals surface area contributed by atoms with Crippen LogP contribution < -0.4 is 5.32 Å². The molecule has 1 N–H and O–H groups in total. The average molecular weight is 171 g/mol. The lowest BCUT2D eigenvalue weighted by Gasteiger charge is -2.20. The van der Waals surface area contributed by atoms with Crippen molar-refractivity contribution in [2.24, 2.45) is 11.8 Å². The van der Waals surface area contributed by atoms with Crippen LogP contribution in [-0.2, 0) is 9.53 Å². The third-order valence-corrected chi connectivity index (χ3v) is 2.49. The second-order valence-electron chi connectivity index (χ2n) is 3.64. The molecule has 0 radical (unpaired) electrons. The van der Waals surface area contributed by atoms with E-state index in [0.717, 1.165) is 13.0 Å². The van der Waals surface area contributed by atoms with Crippen molar-refractivity contribution in [1.29, 1.82) is 0 Å². The Kier molecular flexibility index (Phi) is 3.09. The fourth-order valence-electron chi connectivity index (χ4n) is 1.84. The quantitative estimate of drug-likeness (QED) is 0.624. The summed E-state index contributed by atoms with van der Waals surface area (Å²) in [6, 6.07) is 0.303. The molecule has 1 aliphatic rings. The minimum absolute atomic E-state index is 0.0648. The van der Waals surface area contributed by atoms with Crippen LogP contribution in [0.5, 0.6) is 0 Å². The number of hydrogen-bond donors (Lipinski definition) is 1. The van der Waals surface area contributed by atoms with Gasteiger partial charge in [-0.15, -0.1) is 0 Å². The largest absolute Gasteiger partial charge is 0.469 e. The lowest BCUT2D eigenvalue weighted by Crippen LogP contribution is -2.36. The molecule has 1 saturated heterocycles. The third-order valence-electron chi connectivity index (χ3n) is 2.49. The Hall–Kier alpha value is -0.570. The molecular formula is C9H17NO2. The summed E-state index contributed by atoms with van der Waals surface area (Å²) in [5.74, 6) is 0.491. The van der Waals surface area contributed by atoms with E-state index < -0.39 is 0 Å². The first-order valence-electron chi connectivity index (χ1n) is 4.48. The summed E-state index contributed by atoms with van der Waals surface area (Å²) in [6.45, 7) is 5.18. The van der Waals surface area contributed by atoms with Crippen LogP contribution in [0.3, 0.4) is 0 Å². The highest BCUT2D eigenvalue weighted by Crippen LogP contribution is 2.22. The second kappa shape index (κ2) is 3.90. The zero-order valence-corrected chi connectivity index (χ0v) is 7.96. The third kappa shape index (κ3) is 1.78. The maximum absolute atomic E-state index is 11.3. The van der Waals surface area contributed by atoms with E-state index in [4.69, 9.17) is 4.74 Å². The summed E-state index contributed by atoms with van der Waals surface area (Å²) in [4.78, 5) is 11.3. The first-order valence-corrected chi connectivity index (χ1v) is 4.48. The van der Waals surface area contributed by atoms with Gasteiger partial charge in [0.1, 0.15) is 0 Å². The first kappa shape index (κ1) is 9.52. The minimum Gasteiger partial charge on any atom is -0.469 e. The van der Waals surface area contributed by atoms with Gasteiger partial charge in [0.15, 0.2) is 0 Å². The summed E-state index contributed by atoms with van der Waals surface area (Å²) in [6.07, 6.45) is 0.912. The van der Waals surface area contributed by atoms with Crippen molar-refractivity contribution in [3.8, 4) is 0 Å². The SMILES string of the molecule is COC(=O)[C@@H]1CCN[C@H]1C(C)C. The van der Waals surface area contributed by atoms with Crippen molar-refractivity contribution in [2.75, 3.05) is 13.7 Å². The summed E-state index contributed by atoms with van der Waals surface area (Å²) in [5, 5.41) is 3.32. The molecule has 0 aromatic heterocycles. The van der Waals surface area contributed by atoms with E-state index in [1.165, 1.54) is 7.11 Å². The van der Waals surface area contributed by atoms with Crippen molar-refractivity contribution in [1.82, 2.24) is 5.32 Å². The molecule has 3 heteroatoms. The van der Waals surface area contributed by atoms with Gasteiger partial charge >= 0.3 is 5.97 Å². The molecule has 0 bridgehead atoms. The maximum atomic E-state index is 11.3. The lowest BCUT2D eigenvalue weighted by atomic mass is 9.92. The van der Waals surface area contributed by atoms with Crippen LogP contribution in [0.4, 0.5) is 0 Å². The van der Waals surface area contributed by atoms with Gasteiger partial charge in [-0.1, -0.05) is 13.8 Å². The molecule has 1 rings (SSSR count). The summed E-state index contributed by atoms with van der Waals surface area (Å²) in [5.41, 5.74) is 0. The Morgan fingerprint density at radius 2 is 2.25 bits per heavy atom. The number of ether oxygens (including phenoxy) is 1. The van der Waals surface area contributed by atoms with Gasteiger partial charge in [0, 0.05) is 6.04 Å². The average Bonchev–Trinajstić information content (AvgIpc) is 2.50. The van der Waals surface area contributed by atoms with Crippen LogP contribution in [0.1, 0.15) is 20.3 Å². The summed E-state index contributed by atoms with van der Waals surface area (Å²) < 4.78 is 4.74. The van der Waals surface area contributed by atoms with E-state index in [1.807, 2.05) is 0 Å². The molecular weight excluding hydrogens is 154 g/mol. The fraction of sp³-hybridized carbons (Fsp3) is 0.889. The van der Waals surface area contributed by atoms with Gasteiger partial charge in [-0.25, -0.2) is 0 Å².